The summed E-state index contributed by atoms with van der Waals surface area (Å²) in [5.41, 5.74) is 0.921. The van der Waals surface area contributed by atoms with E-state index in [-0.39, 0.29) is 13.0 Å². The van der Waals surface area contributed by atoms with Crippen LogP contribution >= 0.6 is 11.6 Å². The molecule has 0 radical (unpaired) electrons. The summed E-state index contributed by atoms with van der Waals surface area (Å²) in [5.74, 6) is -1.00. The Balaban J connectivity index is 1.82. The van der Waals surface area contributed by atoms with Crippen LogP contribution in [0.5, 0.6) is 0 Å². The van der Waals surface area contributed by atoms with Crippen LogP contribution < -0.4 is 0 Å². The van der Waals surface area contributed by atoms with Gasteiger partial charge in [0.15, 0.2) is 5.06 Å². The van der Waals surface area contributed by atoms with Crippen LogP contribution in [-0.2, 0) is 16.1 Å². The normalized spacial score (nSPS) is 28.5. The molecule has 0 aliphatic heterocycles. The molecule has 2 rings (SSSR count). The first-order valence-corrected chi connectivity index (χ1v) is 5.09. The molecule has 0 spiro atoms. The van der Waals surface area contributed by atoms with Gasteiger partial charge in [-0.05, 0) is 5.56 Å². The van der Waals surface area contributed by atoms with Gasteiger partial charge in [0.1, 0.15) is 12.5 Å². The highest BCUT2D eigenvalue weighted by Gasteiger charge is 2.57. The minimum absolute atomic E-state index is 0.225. The van der Waals surface area contributed by atoms with Gasteiger partial charge >= 0.3 is 5.97 Å². The van der Waals surface area contributed by atoms with E-state index in [4.69, 9.17) is 16.3 Å². The fourth-order valence-corrected chi connectivity index (χ4v) is 1.56. The van der Waals surface area contributed by atoms with Crippen LogP contribution in [0.15, 0.2) is 30.3 Å². The summed E-state index contributed by atoms with van der Waals surface area (Å²) >= 11 is 5.54. The standard InChI is InChI=1S/C11H11ClO3/c12-11(14)6-9(11)10(13)15-7-8-4-2-1-3-5-8/h1-5,9,14H,6-7H2. The summed E-state index contributed by atoms with van der Waals surface area (Å²) in [4.78, 5) is 11.3. The molecule has 0 saturated heterocycles. The van der Waals surface area contributed by atoms with Crippen LogP contribution in [0.25, 0.3) is 0 Å². The average molecular weight is 227 g/mol. The number of hydrogen-bond donors (Lipinski definition) is 1. The van der Waals surface area contributed by atoms with Crippen LogP contribution in [0.1, 0.15) is 12.0 Å². The molecule has 4 heteroatoms. The van der Waals surface area contributed by atoms with E-state index in [1.165, 1.54) is 0 Å². The molecule has 0 aromatic heterocycles. The van der Waals surface area contributed by atoms with Crippen molar-refractivity contribution < 1.29 is 14.6 Å². The van der Waals surface area contributed by atoms with Crippen molar-refractivity contribution in [2.75, 3.05) is 0 Å². The van der Waals surface area contributed by atoms with Gasteiger partial charge in [0.2, 0.25) is 0 Å². The Bertz CT molecular complexity index is 361. The van der Waals surface area contributed by atoms with Crippen molar-refractivity contribution >= 4 is 17.6 Å². The second-order valence-corrected chi connectivity index (χ2v) is 4.32. The van der Waals surface area contributed by atoms with Gasteiger partial charge in [-0.3, -0.25) is 4.79 Å². The zero-order chi connectivity index (χ0) is 10.9. The zero-order valence-corrected chi connectivity index (χ0v) is 8.78. The fourth-order valence-electron chi connectivity index (χ4n) is 1.32. The second kappa shape index (κ2) is 3.83. The Morgan fingerprint density at radius 2 is 2.13 bits per heavy atom. The van der Waals surface area contributed by atoms with E-state index in [1.807, 2.05) is 30.3 Å². The minimum Gasteiger partial charge on any atom is -0.460 e. The Hall–Kier alpha value is -1.06. The number of carbonyl (C=O) groups excluding carboxylic acids is 1. The van der Waals surface area contributed by atoms with Crippen molar-refractivity contribution in [2.24, 2.45) is 5.92 Å². The summed E-state index contributed by atoms with van der Waals surface area (Å²) in [6.07, 6.45) is 0.280. The Morgan fingerprint density at radius 1 is 1.53 bits per heavy atom. The van der Waals surface area contributed by atoms with E-state index in [1.54, 1.807) is 0 Å². The third-order valence-corrected chi connectivity index (χ3v) is 2.79. The highest BCUT2D eigenvalue weighted by Crippen LogP contribution is 2.47. The maximum atomic E-state index is 11.3. The monoisotopic (exact) mass is 226 g/mol. The molecule has 0 bridgehead atoms. The van der Waals surface area contributed by atoms with E-state index >= 15 is 0 Å². The third-order valence-electron chi connectivity index (χ3n) is 2.37. The zero-order valence-electron chi connectivity index (χ0n) is 8.02. The summed E-state index contributed by atoms with van der Waals surface area (Å²) in [5, 5.41) is 7.86. The molecule has 15 heavy (non-hydrogen) atoms. The maximum Gasteiger partial charge on any atom is 0.313 e. The molecule has 1 fully saturated rings. The van der Waals surface area contributed by atoms with Gasteiger partial charge in [-0.1, -0.05) is 41.9 Å². The molecule has 1 saturated carbocycles. The number of esters is 1. The average Bonchev–Trinajstić information content (AvgIpc) is 2.86. The molecule has 1 aliphatic carbocycles. The van der Waals surface area contributed by atoms with Crippen LogP contribution in [0.4, 0.5) is 0 Å². The van der Waals surface area contributed by atoms with Crippen molar-refractivity contribution in [3.63, 3.8) is 0 Å². The SMILES string of the molecule is O=C(OCc1ccccc1)C1CC1(O)Cl. The maximum absolute atomic E-state index is 11.3. The van der Waals surface area contributed by atoms with Crippen molar-refractivity contribution in [2.45, 2.75) is 18.1 Å². The van der Waals surface area contributed by atoms with Gasteiger partial charge < -0.3 is 9.84 Å². The van der Waals surface area contributed by atoms with Crippen LogP contribution in [-0.4, -0.2) is 16.1 Å². The first-order chi connectivity index (χ1) is 7.09. The number of alkyl halides is 1. The lowest BCUT2D eigenvalue weighted by molar-refractivity contribution is -0.147. The Morgan fingerprint density at radius 3 is 2.67 bits per heavy atom. The first-order valence-electron chi connectivity index (χ1n) is 4.71. The fraction of sp³-hybridized carbons (Fsp3) is 0.364. The Kier molecular flexibility index (Phi) is 2.67. The number of hydrogen-bond acceptors (Lipinski definition) is 3. The quantitative estimate of drug-likeness (QED) is 0.630. The molecular weight excluding hydrogens is 216 g/mol. The number of aliphatic hydroxyl groups is 1. The third kappa shape index (κ3) is 2.49. The lowest BCUT2D eigenvalue weighted by Gasteiger charge is -2.04. The molecule has 0 amide bonds. The Labute approximate surface area is 92.6 Å². The highest BCUT2D eigenvalue weighted by atomic mass is 35.5. The summed E-state index contributed by atoms with van der Waals surface area (Å²) < 4.78 is 5.00. The van der Waals surface area contributed by atoms with Gasteiger partial charge in [-0.2, -0.15) is 0 Å². The summed E-state index contributed by atoms with van der Waals surface area (Å²) in [6, 6.07) is 9.38. The topological polar surface area (TPSA) is 46.5 Å². The number of halogens is 1. The molecule has 1 aromatic rings. The van der Waals surface area contributed by atoms with Crippen LogP contribution in [0.2, 0.25) is 0 Å². The van der Waals surface area contributed by atoms with Crippen molar-refractivity contribution in [1.29, 1.82) is 0 Å². The number of carbonyl (C=O) groups is 1. The molecule has 0 heterocycles. The van der Waals surface area contributed by atoms with E-state index in [9.17, 15) is 9.90 Å². The van der Waals surface area contributed by atoms with Crippen molar-refractivity contribution in [1.82, 2.24) is 0 Å². The number of ether oxygens (including phenoxy) is 1. The predicted octanol–water partition coefficient (Wildman–Crippen LogP) is 1.68. The van der Waals surface area contributed by atoms with Gasteiger partial charge in [0, 0.05) is 6.42 Å². The molecule has 1 aliphatic rings. The molecule has 2 atom stereocenters. The second-order valence-electron chi connectivity index (χ2n) is 3.67. The predicted molar refractivity (Wildman–Crippen MR) is 55.1 cm³/mol. The summed E-state index contributed by atoms with van der Waals surface area (Å²) in [6.45, 7) is 0.225. The van der Waals surface area contributed by atoms with Gasteiger partial charge in [-0.25, -0.2) is 0 Å². The lowest BCUT2D eigenvalue weighted by atomic mass is 10.2. The van der Waals surface area contributed by atoms with Crippen LogP contribution in [0.3, 0.4) is 0 Å². The molecular formula is C11H11ClO3. The molecule has 1 aromatic carbocycles. The lowest BCUT2D eigenvalue weighted by Crippen LogP contribution is -2.13. The van der Waals surface area contributed by atoms with E-state index in [0.29, 0.717) is 0 Å². The molecule has 2 unspecified atom stereocenters. The smallest absolute Gasteiger partial charge is 0.313 e. The van der Waals surface area contributed by atoms with Gasteiger partial charge in [0.25, 0.3) is 0 Å². The highest BCUT2D eigenvalue weighted by molar-refractivity contribution is 6.26. The van der Waals surface area contributed by atoms with E-state index < -0.39 is 16.9 Å². The minimum atomic E-state index is -1.37. The number of benzene rings is 1. The largest absolute Gasteiger partial charge is 0.460 e. The van der Waals surface area contributed by atoms with Crippen molar-refractivity contribution in [3.8, 4) is 0 Å². The van der Waals surface area contributed by atoms with Gasteiger partial charge in [-0.15, -0.1) is 0 Å². The molecule has 80 valence electrons. The summed E-state index contributed by atoms with van der Waals surface area (Å²) in [7, 11) is 0. The molecule has 1 N–H and O–H groups in total. The molecule has 3 nitrogen and oxygen atoms in total. The van der Waals surface area contributed by atoms with Crippen LogP contribution in [0, 0.1) is 5.92 Å². The van der Waals surface area contributed by atoms with Gasteiger partial charge in [0.05, 0.1) is 0 Å². The number of rotatable bonds is 3. The van der Waals surface area contributed by atoms with E-state index in [2.05, 4.69) is 0 Å². The van der Waals surface area contributed by atoms with E-state index in [0.717, 1.165) is 5.56 Å². The first kappa shape index (κ1) is 10.5. The van der Waals surface area contributed by atoms with Crippen molar-refractivity contribution in [3.05, 3.63) is 35.9 Å².